The van der Waals surface area contributed by atoms with Crippen LogP contribution in [0, 0.1) is 0 Å². The first-order valence-electron chi connectivity index (χ1n) is 11.1. The zero-order valence-corrected chi connectivity index (χ0v) is 20.2. The Morgan fingerprint density at radius 3 is 1.80 bits per heavy atom. The van der Waals surface area contributed by atoms with Crippen LogP contribution in [0.2, 0.25) is 0 Å². The van der Waals surface area contributed by atoms with Crippen LogP contribution in [0.25, 0.3) is 0 Å². The van der Waals surface area contributed by atoms with Crippen molar-refractivity contribution in [1.82, 2.24) is 0 Å². The number of methoxy groups -OCH3 is 1. The highest BCUT2D eigenvalue weighted by molar-refractivity contribution is 5.99. The fraction of sp³-hybridized carbons (Fsp3) is 0.222. The molecule has 0 aromatic heterocycles. The Hall–Kier alpha value is -4.33. The maximum atomic E-state index is 13.1. The summed E-state index contributed by atoms with van der Waals surface area (Å²) in [4.78, 5) is 39.3. The molecule has 8 heteroatoms. The van der Waals surface area contributed by atoms with Crippen LogP contribution in [-0.4, -0.2) is 37.2 Å². The summed E-state index contributed by atoms with van der Waals surface area (Å²) < 4.78 is 10.1. The van der Waals surface area contributed by atoms with Crippen LogP contribution >= 0.6 is 0 Å². The monoisotopic (exact) mass is 475 g/mol. The molecule has 35 heavy (non-hydrogen) atoms. The van der Waals surface area contributed by atoms with Gasteiger partial charge in [-0.1, -0.05) is 36.4 Å². The molecule has 0 fully saturated rings. The lowest BCUT2D eigenvalue weighted by Crippen LogP contribution is -2.30. The van der Waals surface area contributed by atoms with E-state index in [1.165, 1.54) is 19.2 Å². The molecular formula is C27H29N3O5. The molecule has 3 rings (SSSR count). The Bertz CT molecular complexity index is 1130. The number of carbonyl (C=O) groups excluding carboxylic acids is 3. The Morgan fingerprint density at radius 2 is 1.31 bits per heavy atom. The third-order valence-corrected chi connectivity index (χ3v) is 4.72. The third kappa shape index (κ3) is 7.60. The van der Waals surface area contributed by atoms with Gasteiger partial charge in [-0.25, -0.2) is 9.59 Å². The summed E-state index contributed by atoms with van der Waals surface area (Å²) in [5, 5.41) is 5.41. The average molecular weight is 476 g/mol. The molecule has 0 aliphatic carbocycles. The number of nitrogens with zero attached hydrogens (tertiary/aromatic N) is 1. The van der Waals surface area contributed by atoms with Gasteiger partial charge in [0, 0.05) is 22.7 Å². The van der Waals surface area contributed by atoms with Crippen molar-refractivity contribution in [2.24, 2.45) is 0 Å². The summed E-state index contributed by atoms with van der Waals surface area (Å²) in [7, 11) is 1.26. The molecule has 0 bridgehead atoms. The fourth-order valence-corrected chi connectivity index (χ4v) is 3.32. The number of hydrogen-bond donors (Lipinski definition) is 2. The SMILES string of the molecule is COC(=O)c1cc(NC(=O)CN(c2ccccc2)c2ccccc2)cc(NC(=O)OC(C)(C)C)c1. The maximum Gasteiger partial charge on any atom is 0.412 e. The van der Waals surface area contributed by atoms with Crippen LogP contribution in [0.4, 0.5) is 27.5 Å². The summed E-state index contributed by atoms with van der Waals surface area (Å²) in [6, 6.07) is 23.6. The molecule has 0 unspecified atom stereocenters. The van der Waals surface area contributed by atoms with Crippen molar-refractivity contribution >= 4 is 40.7 Å². The number of rotatable bonds is 7. The predicted octanol–water partition coefficient (Wildman–Crippen LogP) is 5.60. The summed E-state index contributed by atoms with van der Waals surface area (Å²) in [5.41, 5.74) is 1.78. The minimum Gasteiger partial charge on any atom is -0.465 e. The largest absolute Gasteiger partial charge is 0.465 e. The van der Waals surface area contributed by atoms with Gasteiger partial charge < -0.3 is 19.7 Å². The molecule has 182 valence electrons. The van der Waals surface area contributed by atoms with E-state index < -0.39 is 17.7 Å². The topological polar surface area (TPSA) is 97.0 Å². The minimum absolute atomic E-state index is 0.0192. The van der Waals surface area contributed by atoms with E-state index >= 15 is 0 Å². The van der Waals surface area contributed by atoms with Crippen LogP contribution in [0.3, 0.4) is 0 Å². The second-order valence-electron chi connectivity index (χ2n) is 8.72. The molecule has 3 aromatic carbocycles. The molecule has 0 radical (unpaired) electrons. The third-order valence-electron chi connectivity index (χ3n) is 4.72. The second kappa shape index (κ2) is 11.2. The van der Waals surface area contributed by atoms with Crippen molar-refractivity contribution in [2.75, 3.05) is 29.2 Å². The molecule has 2 amide bonds. The number of hydrogen-bond acceptors (Lipinski definition) is 6. The van der Waals surface area contributed by atoms with Crippen LogP contribution in [0.5, 0.6) is 0 Å². The zero-order chi connectivity index (χ0) is 25.4. The van der Waals surface area contributed by atoms with Gasteiger partial charge in [0.1, 0.15) is 12.1 Å². The van der Waals surface area contributed by atoms with Gasteiger partial charge in [-0.15, -0.1) is 0 Å². The normalized spacial score (nSPS) is 10.7. The first-order valence-corrected chi connectivity index (χ1v) is 11.1. The Morgan fingerprint density at radius 1 is 0.800 bits per heavy atom. The predicted molar refractivity (Wildman–Crippen MR) is 136 cm³/mol. The molecule has 0 spiro atoms. The number of ether oxygens (including phenoxy) is 2. The maximum absolute atomic E-state index is 13.1. The average Bonchev–Trinajstić information content (AvgIpc) is 2.81. The molecule has 0 aliphatic rings. The smallest absolute Gasteiger partial charge is 0.412 e. The molecule has 0 saturated heterocycles. The van der Waals surface area contributed by atoms with Gasteiger partial charge in [0.2, 0.25) is 5.91 Å². The highest BCUT2D eigenvalue weighted by atomic mass is 16.6. The Balaban J connectivity index is 1.83. The van der Waals surface area contributed by atoms with E-state index in [0.29, 0.717) is 5.69 Å². The van der Waals surface area contributed by atoms with E-state index in [2.05, 4.69) is 10.6 Å². The van der Waals surface area contributed by atoms with Crippen molar-refractivity contribution in [3.8, 4) is 0 Å². The van der Waals surface area contributed by atoms with E-state index in [0.717, 1.165) is 11.4 Å². The quantitative estimate of drug-likeness (QED) is 0.432. The van der Waals surface area contributed by atoms with Gasteiger partial charge >= 0.3 is 12.1 Å². The number of carbonyl (C=O) groups is 3. The molecule has 2 N–H and O–H groups in total. The van der Waals surface area contributed by atoms with Gasteiger partial charge in [0.15, 0.2) is 0 Å². The first-order chi connectivity index (χ1) is 16.6. The molecule has 0 heterocycles. The van der Waals surface area contributed by atoms with E-state index in [9.17, 15) is 14.4 Å². The summed E-state index contributed by atoms with van der Waals surface area (Å²) >= 11 is 0. The summed E-state index contributed by atoms with van der Waals surface area (Å²) in [5.74, 6) is -0.925. The number of benzene rings is 3. The van der Waals surface area contributed by atoms with Gasteiger partial charge in [0.25, 0.3) is 0 Å². The van der Waals surface area contributed by atoms with Crippen molar-refractivity contribution in [3.05, 3.63) is 84.4 Å². The number of nitrogens with one attached hydrogen (secondary N) is 2. The van der Waals surface area contributed by atoms with Crippen molar-refractivity contribution in [2.45, 2.75) is 26.4 Å². The van der Waals surface area contributed by atoms with Crippen molar-refractivity contribution in [1.29, 1.82) is 0 Å². The van der Waals surface area contributed by atoms with Gasteiger partial charge in [-0.3, -0.25) is 10.1 Å². The highest BCUT2D eigenvalue weighted by Gasteiger charge is 2.19. The standard InChI is InChI=1S/C27H29N3O5/c1-27(2,3)35-26(33)29-21-16-19(25(32)34-4)15-20(17-21)28-24(31)18-30(22-11-7-5-8-12-22)23-13-9-6-10-14-23/h5-17H,18H2,1-4H3,(H,28,31)(H,29,33). The molecule has 0 saturated carbocycles. The number of esters is 1. The van der Waals surface area contributed by atoms with Gasteiger partial charge in [-0.05, 0) is 63.2 Å². The number of amides is 2. The van der Waals surface area contributed by atoms with E-state index in [-0.39, 0.29) is 23.7 Å². The summed E-state index contributed by atoms with van der Waals surface area (Å²) in [6.07, 6.45) is -0.684. The van der Waals surface area contributed by atoms with E-state index in [4.69, 9.17) is 9.47 Å². The van der Waals surface area contributed by atoms with Crippen LogP contribution < -0.4 is 15.5 Å². The molecule has 3 aromatic rings. The molecule has 8 nitrogen and oxygen atoms in total. The second-order valence-corrected chi connectivity index (χ2v) is 8.72. The first kappa shape index (κ1) is 25.3. The van der Waals surface area contributed by atoms with Crippen LogP contribution in [-0.2, 0) is 14.3 Å². The van der Waals surface area contributed by atoms with Gasteiger partial charge in [-0.2, -0.15) is 0 Å². The lowest BCUT2D eigenvalue weighted by atomic mass is 10.1. The fourth-order valence-electron chi connectivity index (χ4n) is 3.32. The van der Waals surface area contributed by atoms with Gasteiger partial charge in [0.05, 0.1) is 12.7 Å². The Labute approximate surface area is 204 Å². The van der Waals surface area contributed by atoms with Crippen LogP contribution in [0.1, 0.15) is 31.1 Å². The van der Waals surface area contributed by atoms with E-state index in [1.807, 2.05) is 65.6 Å². The van der Waals surface area contributed by atoms with Crippen LogP contribution in [0.15, 0.2) is 78.9 Å². The van der Waals surface area contributed by atoms with Crippen molar-refractivity contribution < 1.29 is 23.9 Å². The number of anilines is 4. The lowest BCUT2D eigenvalue weighted by Gasteiger charge is -2.24. The number of para-hydroxylation sites is 2. The minimum atomic E-state index is -0.695. The van der Waals surface area contributed by atoms with E-state index in [1.54, 1.807) is 26.8 Å². The van der Waals surface area contributed by atoms with Crippen molar-refractivity contribution in [3.63, 3.8) is 0 Å². The summed E-state index contributed by atoms with van der Waals surface area (Å²) in [6.45, 7) is 5.25. The Kier molecular flexibility index (Phi) is 8.09. The molecular weight excluding hydrogens is 446 g/mol. The molecule has 0 atom stereocenters. The highest BCUT2D eigenvalue weighted by Crippen LogP contribution is 2.25. The zero-order valence-electron chi connectivity index (χ0n) is 20.2. The molecule has 0 aliphatic heterocycles. The lowest BCUT2D eigenvalue weighted by molar-refractivity contribution is -0.114.